The monoisotopic (exact) mass is 470 g/mol. The van der Waals surface area contributed by atoms with Gasteiger partial charge >= 0.3 is 0 Å². The van der Waals surface area contributed by atoms with Crippen LogP contribution in [0.2, 0.25) is 0 Å². The Bertz CT molecular complexity index is 1210. The topological polar surface area (TPSA) is 90.0 Å². The highest BCUT2D eigenvalue weighted by molar-refractivity contribution is 7.89. The molecule has 2 aromatic rings. The first-order valence-corrected chi connectivity index (χ1v) is 12.6. The fourth-order valence-electron chi connectivity index (χ4n) is 4.56. The Kier molecular flexibility index (Phi) is 6.20. The SMILES string of the molecule is Cc1ccc(NC(=O)CN2C(=O)[C@H]3CCCCN3c3ccc(S(=O)(=O)N(C)C)cc32)c(C)c1. The first-order valence-electron chi connectivity index (χ1n) is 11.1. The summed E-state index contributed by atoms with van der Waals surface area (Å²) >= 11 is 0. The van der Waals surface area contributed by atoms with Crippen molar-refractivity contribution in [3.8, 4) is 0 Å². The van der Waals surface area contributed by atoms with Gasteiger partial charge in [-0.25, -0.2) is 12.7 Å². The lowest BCUT2D eigenvalue weighted by Gasteiger charge is -2.45. The van der Waals surface area contributed by atoms with E-state index < -0.39 is 10.0 Å². The molecule has 33 heavy (non-hydrogen) atoms. The standard InChI is InChI=1S/C24H30N4O4S/c1-16-8-10-19(17(2)13-16)25-23(29)15-28-22-14-18(33(31,32)26(3)4)9-11-20(22)27-12-6-5-7-21(27)24(28)30/h8-11,13-14,21H,5-7,12,15H2,1-4H3,(H,25,29)/t21-/m1/s1. The van der Waals surface area contributed by atoms with Gasteiger partial charge in [-0.05, 0) is 62.9 Å². The van der Waals surface area contributed by atoms with E-state index in [0.717, 1.165) is 40.5 Å². The van der Waals surface area contributed by atoms with E-state index in [0.29, 0.717) is 17.8 Å². The number of rotatable bonds is 5. The number of sulfonamides is 1. The molecule has 0 radical (unpaired) electrons. The van der Waals surface area contributed by atoms with E-state index in [9.17, 15) is 18.0 Å². The minimum absolute atomic E-state index is 0.0919. The molecule has 8 nitrogen and oxygen atoms in total. The number of benzene rings is 2. The van der Waals surface area contributed by atoms with Crippen LogP contribution in [0.25, 0.3) is 0 Å². The van der Waals surface area contributed by atoms with E-state index in [1.807, 2.05) is 36.9 Å². The fourth-order valence-corrected chi connectivity index (χ4v) is 5.48. The summed E-state index contributed by atoms with van der Waals surface area (Å²) in [6.07, 6.45) is 2.62. The third-order valence-corrected chi connectivity index (χ3v) is 8.15. The largest absolute Gasteiger partial charge is 0.358 e. The Morgan fingerprint density at radius 2 is 1.85 bits per heavy atom. The average molecular weight is 471 g/mol. The Hall–Kier alpha value is -2.91. The lowest BCUT2D eigenvalue weighted by Crippen LogP contribution is -2.56. The van der Waals surface area contributed by atoms with Gasteiger partial charge in [0, 0.05) is 26.3 Å². The molecule has 0 unspecified atom stereocenters. The molecule has 0 aliphatic carbocycles. The number of fused-ring (bicyclic) bond motifs is 3. The maximum Gasteiger partial charge on any atom is 0.250 e. The normalized spacial score (nSPS) is 18.2. The quantitative estimate of drug-likeness (QED) is 0.726. The summed E-state index contributed by atoms with van der Waals surface area (Å²) in [7, 11) is -0.755. The molecule has 1 N–H and O–H groups in total. The second-order valence-corrected chi connectivity index (χ2v) is 11.1. The highest BCUT2D eigenvalue weighted by Gasteiger charge is 2.40. The molecule has 2 aliphatic heterocycles. The molecule has 0 bridgehead atoms. The van der Waals surface area contributed by atoms with E-state index in [2.05, 4.69) is 5.32 Å². The molecule has 0 saturated carbocycles. The Balaban J connectivity index is 1.70. The fraction of sp³-hybridized carbons (Fsp3) is 0.417. The number of nitrogens with zero attached hydrogens (tertiary/aromatic N) is 3. The van der Waals surface area contributed by atoms with Crippen molar-refractivity contribution in [2.45, 2.75) is 44.0 Å². The zero-order valence-corrected chi connectivity index (χ0v) is 20.3. The van der Waals surface area contributed by atoms with E-state index >= 15 is 0 Å². The molecule has 1 saturated heterocycles. The van der Waals surface area contributed by atoms with E-state index in [1.165, 1.54) is 25.1 Å². The van der Waals surface area contributed by atoms with Crippen LogP contribution < -0.4 is 15.1 Å². The van der Waals surface area contributed by atoms with Crippen molar-refractivity contribution in [2.75, 3.05) is 42.3 Å². The van der Waals surface area contributed by atoms with Gasteiger partial charge in [0.2, 0.25) is 21.8 Å². The maximum atomic E-state index is 13.5. The van der Waals surface area contributed by atoms with Crippen LogP contribution in [0.4, 0.5) is 17.1 Å². The highest BCUT2D eigenvalue weighted by Crippen LogP contribution is 2.40. The van der Waals surface area contributed by atoms with Crippen LogP contribution in [0, 0.1) is 13.8 Å². The van der Waals surface area contributed by atoms with Crippen molar-refractivity contribution in [1.82, 2.24) is 4.31 Å². The van der Waals surface area contributed by atoms with E-state index in [4.69, 9.17) is 0 Å². The van der Waals surface area contributed by atoms with Gasteiger partial charge in [-0.2, -0.15) is 0 Å². The van der Waals surface area contributed by atoms with Gasteiger partial charge in [-0.1, -0.05) is 17.7 Å². The second-order valence-electron chi connectivity index (χ2n) is 8.93. The number of hydrogen-bond donors (Lipinski definition) is 1. The van der Waals surface area contributed by atoms with Crippen LogP contribution in [-0.4, -0.2) is 57.8 Å². The van der Waals surface area contributed by atoms with Crippen LogP contribution in [0.3, 0.4) is 0 Å². The number of aryl methyl sites for hydroxylation is 2. The molecule has 9 heteroatoms. The van der Waals surface area contributed by atoms with E-state index in [-0.39, 0.29) is 29.3 Å². The van der Waals surface area contributed by atoms with Crippen molar-refractivity contribution in [1.29, 1.82) is 0 Å². The van der Waals surface area contributed by atoms with Crippen molar-refractivity contribution >= 4 is 38.9 Å². The first kappa shape index (κ1) is 23.3. The van der Waals surface area contributed by atoms with Crippen molar-refractivity contribution < 1.29 is 18.0 Å². The molecule has 1 atom stereocenters. The number of nitrogens with one attached hydrogen (secondary N) is 1. The smallest absolute Gasteiger partial charge is 0.250 e. The minimum Gasteiger partial charge on any atom is -0.358 e. The molecular weight excluding hydrogens is 440 g/mol. The predicted octanol–water partition coefficient (Wildman–Crippen LogP) is 2.90. The van der Waals surface area contributed by atoms with Gasteiger partial charge in [-0.15, -0.1) is 0 Å². The molecular formula is C24H30N4O4S. The minimum atomic E-state index is -3.69. The Morgan fingerprint density at radius 1 is 1.09 bits per heavy atom. The average Bonchev–Trinajstić information content (AvgIpc) is 2.78. The number of carbonyl (C=O) groups is 2. The van der Waals surface area contributed by atoms with Gasteiger partial charge in [-0.3, -0.25) is 14.5 Å². The number of hydrogen-bond acceptors (Lipinski definition) is 5. The van der Waals surface area contributed by atoms with Crippen LogP contribution in [0.5, 0.6) is 0 Å². The van der Waals surface area contributed by atoms with Gasteiger partial charge in [0.1, 0.15) is 12.6 Å². The third kappa shape index (κ3) is 4.35. The third-order valence-electron chi connectivity index (χ3n) is 6.34. The van der Waals surface area contributed by atoms with Crippen LogP contribution in [0.1, 0.15) is 30.4 Å². The summed E-state index contributed by atoms with van der Waals surface area (Å²) in [5, 5.41) is 2.90. The summed E-state index contributed by atoms with van der Waals surface area (Å²) in [5.41, 5.74) is 3.97. The molecule has 2 heterocycles. The number of piperidine rings is 1. The lowest BCUT2D eigenvalue weighted by molar-refractivity contribution is -0.123. The van der Waals surface area contributed by atoms with Crippen molar-refractivity contribution in [3.05, 3.63) is 47.5 Å². The van der Waals surface area contributed by atoms with Gasteiger partial charge in [0.05, 0.1) is 16.3 Å². The van der Waals surface area contributed by atoms with E-state index in [1.54, 1.807) is 12.1 Å². The van der Waals surface area contributed by atoms with Crippen molar-refractivity contribution in [2.24, 2.45) is 0 Å². The summed E-state index contributed by atoms with van der Waals surface area (Å²) in [5.74, 6) is -0.497. The van der Waals surface area contributed by atoms with Gasteiger partial charge in [0.15, 0.2) is 0 Å². The summed E-state index contributed by atoms with van der Waals surface area (Å²) < 4.78 is 26.6. The molecule has 0 spiro atoms. The maximum absolute atomic E-state index is 13.5. The molecule has 2 aromatic carbocycles. The highest BCUT2D eigenvalue weighted by atomic mass is 32.2. The van der Waals surface area contributed by atoms with Crippen LogP contribution >= 0.6 is 0 Å². The Labute approximate surface area is 195 Å². The molecule has 2 aliphatic rings. The lowest BCUT2D eigenvalue weighted by atomic mass is 9.96. The number of anilines is 3. The molecule has 1 fully saturated rings. The van der Waals surface area contributed by atoms with Crippen LogP contribution in [0.15, 0.2) is 41.3 Å². The van der Waals surface area contributed by atoms with Crippen LogP contribution in [-0.2, 0) is 19.6 Å². The predicted molar refractivity (Wildman–Crippen MR) is 129 cm³/mol. The second kappa shape index (κ2) is 8.79. The zero-order valence-electron chi connectivity index (χ0n) is 19.5. The van der Waals surface area contributed by atoms with Gasteiger partial charge < -0.3 is 10.2 Å². The summed E-state index contributed by atoms with van der Waals surface area (Å²) in [6.45, 7) is 4.44. The number of amides is 2. The summed E-state index contributed by atoms with van der Waals surface area (Å²) in [6, 6.07) is 10.3. The molecule has 0 aromatic heterocycles. The summed E-state index contributed by atoms with van der Waals surface area (Å²) in [4.78, 5) is 30.0. The van der Waals surface area contributed by atoms with Gasteiger partial charge in [0.25, 0.3) is 0 Å². The zero-order chi connectivity index (χ0) is 23.9. The molecule has 176 valence electrons. The number of carbonyl (C=O) groups excluding carboxylic acids is 2. The van der Waals surface area contributed by atoms with Crippen molar-refractivity contribution in [3.63, 3.8) is 0 Å². The Morgan fingerprint density at radius 3 is 2.55 bits per heavy atom. The first-order chi connectivity index (χ1) is 15.6. The molecule has 4 rings (SSSR count). The molecule has 2 amide bonds.